The number of nitrogens with two attached hydrogens (primary N) is 4. The Labute approximate surface area is 228 Å². The highest BCUT2D eigenvalue weighted by Crippen LogP contribution is 2.20. The maximum atomic E-state index is 13.3. The SMILES string of the molecule is NCCCCC(N)C(=O)N1CCCC1C(=O)NC(CCCN=C(N)N)C(=O)NC(Cc1ccccc1)C(=O)O. The number of nitrogens with one attached hydrogen (secondary N) is 2. The summed E-state index contributed by atoms with van der Waals surface area (Å²) in [7, 11) is 0. The van der Waals surface area contributed by atoms with Crippen LogP contribution in [0, 0.1) is 0 Å². The molecular formula is C26H42N8O5. The normalized spacial score (nSPS) is 17.1. The molecule has 4 unspecified atom stereocenters. The van der Waals surface area contributed by atoms with E-state index in [1.165, 1.54) is 4.90 Å². The minimum Gasteiger partial charge on any atom is -0.480 e. The Morgan fingerprint density at radius 1 is 1.03 bits per heavy atom. The summed E-state index contributed by atoms with van der Waals surface area (Å²) in [4.78, 5) is 56.7. The van der Waals surface area contributed by atoms with E-state index < -0.39 is 42.0 Å². The Hall–Kier alpha value is -3.71. The van der Waals surface area contributed by atoms with Crippen LogP contribution in [-0.4, -0.2) is 83.5 Å². The molecule has 11 N–H and O–H groups in total. The molecule has 13 heteroatoms. The summed E-state index contributed by atoms with van der Waals surface area (Å²) in [6, 6.07) is 5.14. The summed E-state index contributed by atoms with van der Waals surface area (Å²) in [5, 5.41) is 15.0. The number of rotatable bonds is 16. The van der Waals surface area contributed by atoms with Gasteiger partial charge in [0.2, 0.25) is 17.7 Å². The predicted octanol–water partition coefficient (Wildman–Crippen LogP) is -1.22. The van der Waals surface area contributed by atoms with Crippen LogP contribution in [0.3, 0.4) is 0 Å². The van der Waals surface area contributed by atoms with Crippen molar-refractivity contribution in [1.82, 2.24) is 15.5 Å². The molecule has 4 atom stereocenters. The van der Waals surface area contributed by atoms with Crippen molar-refractivity contribution < 1.29 is 24.3 Å². The van der Waals surface area contributed by atoms with E-state index in [1.807, 2.05) is 6.07 Å². The summed E-state index contributed by atoms with van der Waals surface area (Å²) in [6.07, 6.45) is 3.57. The van der Waals surface area contributed by atoms with Gasteiger partial charge in [0.05, 0.1) is 6.04 Å². The van der Waals surface area contributed by atoms with E-state index in [0.29, 0.717) is 45.2 Å². The second-order valence-electron chi connectivity index (χ2n) is 9.68. The molecule has 0 bridgehead atoms. The average Bonchev–Trinajstić information content (AvgIpc) is 3.40. The number of guanidine groups is 1. The molecule has 39 heavy (non-hydrogen) atoms. The van der Waals surface area contributed by atoms with Gasteiger partial charge in [0.15, 0.2) is 5.96 Å². The summed E-state index contributed by atoms with van der Waals surface area (Å²) in [6.45, 7) is 1.12. The lowest BCUT2D eigenvalue weighted by Gasteiger charge is -2.28. The zero-order chi connectivity index (χ0) is 28.8. The van der Waals surface area contributed by atoms with Crippen molar-refractivity contribution in [2.45, 2.75) is 75.5 Å². The molecule has 1 heterocycles. The molecule has 0 aromatic heterocycles. The average molecular weight is 547 g/mol. The smallest absolute Gasteiger partial charge is 0.326 e. The van der Waals surface area contributed by atoms with Crippen molar-refractivity contribution >= 4 is 29.7 Å². The number of carbonyl (C=O) groups excluding carboxylic acids is 3. The Morgan fingerprint density at radius 2 is 1.74 bits per heavy atom. The van der Waals surface area contributed by atoms with E-state index >= 15 is 0 Å². The lowest BCUT2D eigenvalue weighted by molar-refractivity contribution is -0.143. The second-order valence-corrected chi connectivity index (χ2v) is 9.68. The van der Waals surface area contributed by atoms with Crippen LogP contribution in [-0.2, 0) is 25.6 Å². The fraction of sp³-hybridized carbons (Fsp3) is 0.577. The van der Waals surface area contributed by atoms with Gasteiger partial charge in [0, 0.05) is 19.5 Å². The van der Waals surface area contributed by atoms with Crippen LogP contribution in [0.5, 0.6) is 0 Å². The number of aliphatic carboxylic acids is 1. The number of unbranched alkanes of at least 4 members (excludes halogenated alkanes) is 1. The summed E-state index contributed by atoms with van der Waals surface area (Å²) < 4.78 is 0. The van der Waals surface area contributed by atoms with E-state index in [1.54, 1.807) is 24.3 Å². The van der Waals surface area contributed by atoms with Gasteiger partial charge in [-0.25, -0.2) is 4.79 Å². The van der Waals surface area contributed by atoms with Gasteiger partial charge in [-0.3, -0.25) is 19.4 Å². The molecule has 1 aromatic carbocycles. The first kappa shape index (κ1) is 31.5. The molecule has 1 fully saturated rings. The van der Waals surface area contributed by atoms with Gasteiger partial charge in [0.25, 0.3) is 0 Å². The first-order chi connectivity index (χ1) is 18.6. The summed E-state index contributed by atoms with van der Waals surface area (Å²) >= 11 is 0. The highest BCUT2D eigenvalue weighted by atomic mass is 16.4. The van der Waals surface area contributed by atoms with Crippen LogP contribution in [0.4, 0.5) is 0 Å². The molecule has 0 aliphatic carbocycles. The number of carboxylic acids is 1. The van der Waals surface area contributed by atoms with E-state index in [9.17, 15) is 24.3 Å². The highest BCUT2D eigenvalue weighted by molar-refractivity contribution is 5.94. The quantitative estimate of drug-likeness (QED) is 0.0747. The minimum atomic E-state index is -1.20. The van der Waals surface area contributed by atoms with Crippen molar-refractivity contribution in [2.24, 2.45) is 27.9 Å². The third-order valence-electron chi connectivity index (χ3n) is 6.60. The number of likely N-dealkylation sites (tertiary alicyclic amines) is 1. The summed E-state index contributed by atoms with van der Waals surface area (Å²) in [5.74, 6) is -2.75. The lowest BCUT2D eigenvalue weighted by atomic mass is 10.0. The zero-order valence-corrected chi connectivity index (χ0v) is 22.3. The van der Waals surface area contributed by atoms with Crippen LogP contribution in [0.25, 0.3) is 0 Å². The van der Waals surface area contributed by atoms with E-state index in [2.05, 4.69) is 15.6 Å². The fourth-order valence-electron chi connectivity index (χ4n) is 4.51. The van der Waals surface area contributed by atoms with E-state index in [0.717, 1.165) is 12.0 Å². The molecule has 1 aliphatic rings. The van der Waals surface area contributed by atoms with Gasteiger partial charge in [-0.05, 0) is 50.6 Å². The molecule has 0 radical (unpaired) electrons. The van der Waals surface area contributed by atoms with Crippen LogP contribution >= 0.6 is 0 Å². The van der Waals surface area contributed by atoms with Crippen LogP contribution in [0.1, 0.15) is 50.5 Å². The van der Waals surface area contributed by atoms with Crippen molar-refractivity contribution in [3.63, 3.8) is 0 Å². The van der Waals surface area contributed by atoms with Gasteiger partial charge in [-0.2, -0.15) is 0 Å². The Kier molecular flexibility index (Phi) is 13.2. The largest absolute Gasteiger partial charge is 0.480 e. The second kappa shape index (κ2) is 16.3. The number of aliphatic imine (C=N–C) groups is 1. The molecule has 3 amide bonds. The van der Waals surface area contributed by atoms with Crippen molar-refractivity contribution in [2.75, 3.05) is 19.6 Å². The molecule has 1 saturated heterocycles. The number of hydrogen-bond donors (Lipinski definition) is 7. The zero-order valence-electron chi connectivity index (χ0n) is 22.3. The van der Waals surface area contributed by atoms with Gasteiger partial charge in [0.1, 0.15) is 18.1 Å². The molecule has 1 aliphatic heterocycles. The Bertz CT molecular complexity index is 986. The van der Waals surface area contributed by atoms with Gasteiger partial charge in [-0.15, -0.1) is 0 Å². The van der Waals surface area contributed by atoms with Crippen LogP contribution < -0.4 is 33.6 Å². The molecular weight excluding hydrogens is 504 g/mol. The first-order valence-corrected chi connectivity index (χ1v) is 13.3. The third kappa shape index (κ3) is 10.5. The van der Waals surface area contributed by atoms with E-state index in [4.69, 9.17) is 22.9 Å². The highest BCUT2D eigenvalue weighted by Gasteiger charge is 2.37. The molecule has 2 rings (SSSR count). The summed E-state index contributed by atoms with van der Waals surface area (Å²) in [5.41, 5.74) is 23.1. The number of carbonyl (C=O) groups is 4. The van der Waals surface area contributed by atoms with Crippen LogP contribution in [0.15, 0.2) is 35.3 Å². The Balaban J connectivity index is 2.11. The molecule has 0 saturated carbocycles. The molecule has 1 aromatic rings. The van der Waals surface area contributed by atoms with Crippen molar-refractivity contribution in [1.29, 1.82) is 0 Å². The van der Waals surface area contributed by atoms with E-state index in [-0.39, 0.29) is 31.3 Å². The number of benzene rings is 1. The Morgan fingerprint density at radius 3 is 2.38 bits per heavy atom. The maximum absolute atomic E-state index is 13.3. The number of hydrogen-bond acceptors (Lipinski definition) is 7. The number of amides is 3. The molecule has 0 spiro atoms. The van der Waals surface area contributed by atoms with Gasteiger partial charge in [-0.1, -0.05) is 36.8 Å². The number of carboxylic acid groups (broad SMARTS) is 1. The monoisotopic (exact) mass is 546 g/mol. The predicted molar refractivity (Wildman–Crippen MR) is 147 cm³/mol. The fourth-order valence-corrected chi connectivity index (χ4v) is 4.51. The van der Waals surface area contributed by atoms with Crippen molar-refractivity contribution in [3.05, 3.63) is 35.9 Å². The van der Waals surface area contributed by atoms with Crippen molar-refractivity contribution in [3.8, 4) is 0 Å². The maximum Gasteiger partial charge on any atom is 0.326 e. The molecule has 216 valence electrons. The van der Waals surface area contributed by atoms with Gasteiger partial charge < -0.3 is 43.6 Å². The van der Waals surface area contributed by atoms with Gasteiger partial charge >= 0.3 is 5.97 Å². The van der Waals surface area contributed by atoms with Crippen LogP contribution in [0.2, 0.25) is 0 Å². The number of nitrogens with zero attached hydrogens (tertiary/aromatic N) is 2. The topological polar surface area (TPSA) is 232 Å². The minimum absolute atomic E-state index is 0.0729. The standard InChI is InChI=1S/C26H42N8O5/c27-13-5-4-10-18(28)24(37)34-15-7-12-21(34)23(36)32-19(11-6-14-31-26(29)30)22(35)33-20(25(38)39)16-17-8-2-1-3-9-17/h1-3,8-9,18-21H,4-7,10-16,27-28H2,(H,32,36)(H,33,35)(H,38,39)(H4,29,30,31). The first-order valence-electron chi connectivity index (χ1n) is 13.3. The molecule has 13 nitrogen and oxygen atoms in total. The third-order valence-corrected chi connectivity index (χ3v) is 6.60. The lowest BCUT2D eigenvalue weighted by Crippen LogP contribution is -2.56.